The molecule has 0 radical (unpaired) electrons. The van der Waals surface area contributed by atoms with E-state index in [0.29, 0.717) is 10.1 Å². The minimum atomic E-state index is -5.01. The number of hydrogen-bond donors (Lipinski definition) is 2. The summed E-state index contributed by atoms with van der Waals surface area (Å²) in [6.45, 7) is 0. The van der Waals surface area contributed by atoms with Crippen molar-refractivity contribution >= 4 is 39.3 Å². The van der Waals surface area contributed by atoms with Gasteiger partial charge in [0, 0.05) is 40.3 Å². The van der Waals surface area contributed by atoms with E-state index in [4.69, 9.17) is 17.3 Å². The Morgan fingerprint density at radius 1 is 1.09 bits per heavy atom. The molecule has 1 amide bonds. The van der Waals surface area contributed by atoms with Crippen LogP contribution in [0.15, 0.2) is 59.8 Å². The highest BCUT2D eigenvalue weighted by molar-refractivity contribution is 6.35. The van der Waals surface area contributed by atoms with E-state index in [-0.39, 0.29) is 38.4 Å². The molecular formula is C22H12ClF3N6O2. The van der Waals surface area contributed by atoms with Crippen LogP contribution in [0.25, 0.3) is 38.8 Å². The average Bonchev–Trinajstić information content (AvgIpc) is 3.21. The van der Waals surface area contributed by atoms with E-state index in [0.717, 1.165) is 0 Å². The summed E-state index contributed by atoms with van der Waals surface area (Å²) < 4.78 is 43.5. The van der Waals surface area contributed by atoms with Crippen molar-refractivity contribution in [2.45, 2.75) is 6.18 Å². The Morgan fingerprint density at radius 2 is 1.88 bits per heavy atom. The molecule has 4 heterocycles. The first-order valence-electron chi connectivity index (χ1n) is 9.68. The predicted octanol–water partition coefficient (Wildman–Crippen LogP) is 4.10. The van der Waals surface area contributed by atoms with Gasteiger partial charge in [-0.3, -0.25) is 9.59 Å². The van der Waals surface area contributed by atoms with E-state index in [1.165, 1.54) is 55.0 Å². The zero-order chi connectivity index (χ0) is 24.2. The second kappa shape index (κ2) is 7.66. The molecular weight excluding hydrogens is 473 g/mol. The second-order valence-electron chi connectivity index (χ2n) is 7.28. The number of aromatic nitrogens is 5. The van der Waals surface area contributed by atoms with Gasteiger partial charge in [0.25, 0.3) is 11.5 Å². The predicted molar refractivity (Wildman–Crippen MR) is 119 cm³/mol. The number of alkyl halides is 3. The molecule has 0 aliphatic carbocycles. The summed E-state index contributed by atoms with van der Waals surface area (Å²) >= 11 is 6.19. The number of H-pyrrole nitrogens is 1. The molecule has 0 aliphatic heterocycles. The van der Waals surface area contributed by atoms with Gasteiger partial charge in [-0.2, -0.15) is 18.3 Å². The lowest BCUT2D eigenvalue weighted by Crippen LogP contribution is -2.21. The van der Waals surface area contributed by atoms with Gasteiger partial charge >= 0.3 is 6.18 Å². The molecule has 1 aromatic carbocycles. The maximum atomic E-state index is 14.3. The molecule has 0 saturated carbocycles. The van der Waals surface area contributed by atoms with Gasteiger partial charge in [-0.25, -0.2) is 14.6 Å². The Morgan fingerprint density at radius 3 is 2.62 bits per heavy atom. The van der Waals surface area contributed by atoms with E-state index in [1.54, 1.807) is 0 Å². The van der Waals surface area contributed by atoms with E-state index in [2.05, 4.69) is 20.1 Å². The van der Waals surface area contributed by atoms with Crippen LogP contribution in [0.1, 0.15) is 16.1 Å². The fraction of sp³-hybridized carbons (Fsp3) is 0.0455. The topological polar surface area (TPSA) is 120 Å². The minimum absolute atomic E-state index is 0.0573. The van der Waals surface area contributed by atoms with Crippen LogP contribution < -0.4 is 11.3 Å². The first kappa shape index (κ1) is 21.6. The van der Waals surface area contributed by atoms with Crippen LogP contribution in [-0.2, 0) is 6.18 Å². The monoisotopic (exact) mass is 484 g/mol. The SMILES string of the molecule is NC(=O)c1c(-c2cnc3nccc(Cl)c3c2)nn(-c2cccc3c(=O)[nH]ccc23)c1C(F)(F)F. The number of carbonyl (C=O) groups is 1. The summed E-state index contributed by atoms with van der Waals surface area (Å²) in [6.07, 6.45) is -1.03. The number of hydrogen-bond acceptors (Lipinski definition) is 5. The molecule has 0 bridgehead atoms. The average molecular weight is 485 g/mol. The number of carbonyl (C=O) groups excluding carboxylic acids is 1. The Bertz CT molecular complexity index is 1680. The number of pyridine rings is 3. The molecule has 0 spiro atoms. The summed E-state index contributed by atoms with van der Waals surface area (Å²) in [6, 6.07) is 8.62. The van der Waals surface area contributed by atoms with E-state index in [9.17, 15) is 22.8 Å². The number of nitrogens with two attached hydrogens (primary N) is 1. The van der Waals surface area contributed by atoms with Crippen molar-refractivity contribution in [3.63, 3.8) is 0 Å². The van der Waals surface area contributed by atoms with Crippen LogP contribution in [-0.4, -0.2) is 30.6 Å². The zero-order valence-electron chi connectivity index (χ0n) is 16.9. The third kappa shape index (κ3) is 3.37. The van der Waals surface area contributed by atoms with Gasteiger partial charge in [0.05, 0.1) is 16.3 Å². The quantitative estimate of drug-likeness (QED) is 0.399. The highest BCUT2D eigenvalue weighted by Crippen LogP contribution is 2.39. The number of aromatic amines is 1. The van der Waals surface area contributed by atoms with Crippen LogP contribution in [0, 0.1) is 0 Å². The van der Waals surface area contributed by atoms with Gasteiger partial charge in [-0.1, -0.05) is 17.7 Å². The first-order chi connectivity index (χ1) is 16.2. The van der Waals surface area contributed by atoms with Crippen LogP contribution in [0.4, 0.5) is 13.2 Å². The van der Waals surface area contributed by atoms with Gasteiger partial charge in [0.1, 0.15) is 5.69 Å². The van der Waals surface area contributed by atoms with Crippen LogP contribution >= 0.6 is 11.6 Å². The summed E-state index contributed by atoms with van der Waals surface area (Å²) in [7, 11) is 0. The fourth-order valence-electron chi connectivity index (χ4n) is 3.81. The standard InChI is InChI=1S/C22H12ClF3N6O2/c23-14-5-7-28-20-13(14)8-10(9-30-20)17-16(19(27)33)18(22(24,25)26)32(31-17)15-3-1-2-12-11(15)4-6-29-21(12)34/h1-9H,(H2,27,33)(H,29,34). The van der Waals surface area contributed by atoms with Gasteiger partial charge in [0.15, 0.2) is 11.3 Å². The lowest BCUT2D eigenvalue weighted by molar-refractivity contribution is -0.143. The number of fused-ring (bicyclic) bond motifs is 2. The normalized spacial score (nSPS) is 11.9. The number of benzene rings is 1. The number of rotatable bonds is 3. The number of primary amides is 1. The molecule has 34 heavy (non-hydrogen) atoms. The van der Waals surface area contributed by atoms with E-state index in [1.807, 2.05) is 0 Å². The first-order valence-corrected chi connectivity index (χ1v) is 10.1. The maximum Gasteiger partial charge on any atom is 0.434 e. The van der Waals surface area contributed by atoms with Crippen LogP contribution in [0.5, 0.6) is 0 Å². The smallest absolute Gasteiger partial charge is 0.365 e. The number of halogens is 4. The molecule has 8 nitrogen and oxygen atoms in total. The van der Waals surface area contributed by atoms with Gasteiger partial charge in [-0.05, 0) is 30.3 Å². The number of nitrogens with one attached hydrogen (secondary N) is 1. The molecule has 12 heteroatoms. The Hall–Kier alpha value is -4.25. The highest BCUT2D eigenvalue weighted by atomic mass is 35.5. The zero-order valence-corrected chi connectivity index (χ0v) is 17.6. The van der Waals surface area contributed by atoms with E-state index >= 15 is 0 Å². The number of amides is 1. The largest absolute Gasteiger partial charge is 0.434 e. The van der Waals surface area contributed by atoms with Crippen molar-refractivity contribution in [3.05, 3.63) is 81.6 Å². The summed E-state index contributed by atoms with van der Waals surface area (Å²) in [4.78, 5) is 35.2. The maximum absolute atomic E-state index is 14.3. The Balaban J connectivity index is 1.88. The highest BCUT2D eigenvalue weighted by Gasteiger charge is 2.42. The lowest BCUT2D eigenvalue weighted by atomic mass is 10.1. The molecule has 5 rings (SSSR count). The third-order valence-electron chi connectivity index (χ3n) is 5.24. The third-order valence-corrected chi connectivity index (χ3v) is 5.57. The van der Waals surface area contributed by atoms with Crippen molar-refractivity contribution < 1.29 is 18.0 Å². The number of nitrogens with zero attached hydrogens (tertiary/aromatic N) is 4. The molecule has 0 saturated heterocycles. The summed E-state index contributed by atoms with van der Waals surface area (Å²) in [5, 5.41) is 5.11. The molecule has 0 fully saturated rings. The van der Waals surface area contributed by atoms with E-state index < -0.39 is 28.9 Å². The fourth-order valence-corrected chi connectivity index (χ4v) is 4.00. The lowest BCUT2D eigenvalue weighted by Gasteiger charge is -2.13. The van der Waals surface area contributed by atoms with Crippen molar-refractivity contribution in [1.29, 1.82) is 0 Å². The van der Waals surface area contributed by atoms with Crippen molar-refractivity contribution in [2.24, 2.45) is 5.73 Å². The van der Waals surface area contributed by atoms with Crippen molar-refractivity contribution in [2.75, 3.05) is 0 Å². The Labute approximate surface area is 192 Å². The van der Waals surface area contributed by atoms with Gasteiger partial charge in [-0.15, -0.1) is 0 Å². The van der Waals surface area contributed by atoms with Crippen molar-refractivity contribution in [3.8, 4) is 16.9 Å². The molecule has 0 aliphatic rings. The molecule has 5 aromatic rings. The molecule has 4 aromatic heterocycles. The molecule has 0 unspecified atom stereocenters. The van der Waals surface area contributed by atoms with Gasteiger partial charge < -0.3 is 10.7 Å². The van der Waals surface area contributed by atoms with Crippen molar-refractivity contribution in [1.82, 2.24) is 24.7 Å². The van der Waals surface area contributed by atoms with Crippen LogP contribution in [0.3, 0.4) is 0 Å². The second-order valence-corrected chi connectivity index (χ2v) is 7.69. The molecule has 0 atom stereocenters. The van der Waals surface area contributed by atoms with Crippen LogP contribution in [0.2, 0.25) is 5.02 Å². The summed E-state index contributed by atoms with van der Waals surface area (Å²) in [5.74, 6) is -1.33. The summed E-state index contributed by atoms with van der Waals surface area (Å²) in [5.41, 5.74) is 2.66. The molecule has 170 valence electrons. The minimum Gasteiger partial charge on any atom is -0.365 e. The molecule has 3 N–H and O–H groups in total. The Kier molecular flexibility index (Phi) is 4.87. The van der Waals surface area contributed by atoms with Gasteiger partial charge in [0.2, 0.25) is 0 Å².